The second-order valence-corrected chi connectivity index (χ2v) is 9.34. The highest BCUT2D eigenvalue weighted by atomic mass is 19.4. The molecule has 1 fully saturated rings. The predicted octanol–water partition coefficient (Wildman–Crippen LogP) is 5.86. The van der Waals surface area contributed by atoms with Gasteiger partial charge in [-0.2, -0.15) is 18.3 Å². The normalized spacial score (nSPS) is 12.5. The van der Waals surface area contributed by atoms with Gasteiger partial charge < -0.3 is 20.7 Å². The van der Waals surface area contributed by atoms with E-state index in [4.69, 9.17) is 0 Å². The van der Waals surface area contributed by atoms with E-state index < -0.39 is 23.3 Å². The molecule has 9 nitrogen and oxygen atoms in total. The molecule has 4 aromatic rings. The monoisotopic (exact) mass is 563 g/mol. The highest BCUT2D eigenvalue weighted by molar-refractivity contribution is 6.03. The first kappa shape index (κ1) is 29.1. The van der Waals surface area contributed by atoms with Gasteiger partial charge in [0.2, 0.25) is 0 Å². The first-order chi connectivity index (χ1) is 19.6. The average molecular weight is 564 g/mol. The Morgan fingerprint density at radius 3 is 2.34 bits per heavy atom. The number of carbonyl (C=O) groups is 2. The second-order valence-electron chi connectivity index (χ2n) is 9.34. The smallest absolute Gasteiger partial charge is 0.373 e. The molecule has 0 unspecified atom stereocenters. The Bertz CT molecular complexity index is 1560. The Morgan fingerprint density at radius 1 is 0.976 bits per heavy atom. The molecule has 3 heterocycles. The summed E-state index contributed by atoms with van der Waals surface area (Å²) >= 11 is 0. The van der Waals surface area contributed by atoms with Crippen LogP contribution < -0.4 is 16.0 Å². The maximum atomic E-state index is 13.0. The lowest BCUT2D eigenvalue weighted by molar-refractivity contribution is -0.138. The summed E-state index contributed by atoms with van der Waals surface area (Å²) < 4.78 is 39.0. The summed E-state index contributed by atoms with van der Waals surface area (Å²) in [7, 11) is 3.55. The summed E-state index contributed by atoms with van der Waals surface area (Å²) in [6.45, 7) is 1.92. The lowest BCUT2D eigenvalue weighted by Crippen LogP contribution is -2.16. The summed E-state index contributed by atoms with van der Waals surface area (Å²) in [6.07, 6.45) is 0.942. The molecule has 1 saturated carbocycles. The average Bonchev–Trinajstić information content (AvgIpc) is 3.83. The molecule has 0 atom stereocenters. The van der Waals surface area contributed by atoms with Crippen molar-refractivity contribution in [2.45, 2.75) is 25.9 Å². The van der Waals surface area contributed by atoms with Crippen molar-refractivity contribution in [2.24, 2.45) is 5.92 Å². The highest BCUT2D eigenvalue weighted by Gasteiger charge is 2.32. The molecule has 0 bridgehead atoms. The van der Waals surface area contributed by atoms with Crippen LogP contribution in [0.4, 0.5) is 30.5 Å². The van der Waals surface area contributed by atoms with Gasteiger partial charge in [0.25, 0.3) is 5.91 Å². The molecule has 0 spiro atoms. The lowest BCUT2D eigenvalue weighted by atomic mass is 9.98. The maximum absolute atomic E-state index is 13.0. The molecule has 1 aromatic carbocycles. The molecular formula is C29H28F3N7O2. The number of hydrogen-bond donors (Lipinski definition) is 3. The van der Waals surface area contributed by atoms with E-state index in [-0.39, 0.29) is 0 Å². The van der Waals surface area contributed by atoms with E-state index in [0.717, 1.165) is 41.4 Å². The fraction of sp³-hybridized carbons (Fsp3) is 0.241. The second kappa shape index (κ2) is 12.5. The SMILES string of the molecule is CNc1cc(-c2cc(-c3cc(NC(=O)c4cc(C(F)(F)F)cnn4)ccc3C)cc(NC)n2)ccn1.O=CC1CC1. The van der Waals surface area contributed by atoms with Crippen LogP contribution >= 0.6 is 0 Å². The maximum Gasteiger partial charge on any atom is 0.418 e. The number of benzene rings is 1. The largest absolute Gasteiger partial charge is 0.418 e. The Balaban J connectivity index is 0.000000699. The molecule has 0 aliphatic heterocycles. The van der Waals surface area contributed by atoms with Crippen LogP contribution in [0.2, 0.25) is 0 Å². The molecule has 12 heteroatoms. The van der Waals surface area contributed by atoms with Gasteiger partial charge >= 0.3 is 6.18 Å². The van der Waals surface area contributed by atoms with Crippen LogP contribution in [0.25, 0.3) is 22.4 Å². The molecule has 3 N–H and O–H groups in total. The number of pyridine rings is 2. The fourth-order valence-corrected chi connectivity index (χ4v) is 3.76. The van der Waals surface area contributed by atoms with Crippen molar-refractivity contribution in [1.82, 2.24) is 20.2 Å². The number of nitrogens with zero attached hydrogens (tertiary/aromatic N) is 4. The van der Waals surface area contributed by atoms with Crippen LogP contribution in [0, 0.1) is 12.8 Å². The Kier molecular flexibility index (Phi) is 8.91. The summed E-state index contributed by atoms with van der Waals surface area (Å²) in [5.74, 6) is 0.990. The van der Waals surface area contributed by atoms with E-state index in [0.29, 0.717) is 41.2 Å². The number of rotatable bonds is 7. The van der Waals surface area contributed by atoms with Crippen molar-refractivity contribution < 1.29 is 22.8 Å². The Labute approximate surface area is 234 Å². The highest BCUT2D eigenvalue weighted by Crippen LogP contribution is 2.33. The number of carbonyl (C=O) groups excluding carboxylic acids is 2. The quantitative estimate of drug-likeness (QED) is 0.239. The number of aldehydes is 1. The summed E-state index contributed by atoms with van der Waals surface area (Å²) in [5.41, 5.74) is 3.05. The molecular weight excluding hydrogens is 535 g/mol. The van der Waals surface area contributed by atoms with Gasteiger partial charge in [-0.1, -0.05) is 6.07 Å². The van der Waals surface area contributed by atoms with Crippen molar-refractivity contribution in [2.75, 3.05) is 30.0 Å². The molecule has 5 rings (SSSR count). The number of halogens is 3. The van der Waals surface area contributed by atoms with Crippen LogP contribution in [-0.4, -0.2) is 46.5 Å². The standard InChI is InChI=1S/C25H22F3N7O.C4H6O/c1-14-4-5-18(33-24(36)21-11-17(13-32-35-21)25(26,27)28)12-19(14)16-8-20(34-23(10-16)30-3)15-6-7-31-22(9-15)29-2;5-3-4-1-2-4/h4-13H,1-3H3,(H,29,31)(H,30,34)(H,33,36);3-4H,1-2H2. The van der Waals surface area contributed by atoms with Crippen molar-refractivity contribution in [1.29, 1.82) is 0 Å². The van der Waals surface area contributed by atoms with Gasteiger partial charge in [0.05, 0.1) is 17.5 Å². The number of aromatic nitrogens is 4. The number of alkyl halides is 3. The van der Waals surface area contributed by atoms with E-state index in [2.05, 4.69) is 36.1 Å². The summed E-state index contributed by atoms with van der Waals surface area (Å²) in [5, 5.41) is 15.5. The molecule has 1 amide bonds. The van der Waals surface area contributed by atoms with E-state index >= 15 is 0 Å². The van der Waals surface area contributed by atoms with Crippen molar-refractivity contribution in [3.8, 4) is 22.4 Å². The van der Waals surface area contributed by atoms with Gasteiger partial charge in [0.1, 0.15) is 17.9 Å². The molecule has 41 heavy (non-hydrogen) atoms. The number of hydrogen-bond acceptors (Lipinski definition) is 8. The third-order valence-electron chi connectivity index (χ3n) is 6.23. The fourth-order valence-electron chi connectivity index (χ4n) is 3.76. The minimum absolute atomic E-state index is 0.394. The van der Waals surface area contributed by atoms with Crippen molar-refractivity contribution in [3.05, 3.63) is 77.7 Å². The summed E-state index contributed by atoms with van der Waals surface area (Å²) in [4.78, 5) is 31.1. The van der Waals surface area contributed by atoms with Gasteiger partial charge in [0.15, 0.2) is 5.69 Å². The topological polar surface area (TPSA) is 122 Å². The van der Waals surface area contributed by atoms with Gasteiger partial charge in [-0.3, -0.25) is 4.79 Å². The first-order valence-electron chi connectivity index (χ1n) is 12.7. The van der Waals surface area contributed by atoms with Crippen molar-refractivity contribution >= 4 is 29.5 Å². The van der Waals surface area contributed by atoms with E-state index in [1.165, 1.54) is 0 Å². The number of amides is 1. The third kappa shape index (κ3) is 7.62. The molecule has 1 aliphatic carbocycles. The van der Waals surface area contributed by atoms with E-state index in [1.54, 1.807) is 32.4 Å². The minimum atomic E-state index is -4.63. The molecule has 212 valence electrons. The molecule has 0 saturated heterocycles. The van der Waals surface area contributed by atoms with Gasteiger partial charge in [-0.05, 0) is 78.9 Å². The zero-order chi connectivity index (χ0) is 29.6. The number of anilines is 3. The van der Waals surface area contributed by atoms with Crippen LogP contribution in [0.1, 0.15) is 34.5 Å². The lowest BCUT2D eigenvalue weighted by Gasteiger charge is -2.14. The molecule has 0 radical (unpaired) electrons. The van der Waals surface area contributed by atoms with E-state index in [1.807, 2.05) is 37.3 Å². The Hall–Kier alpha value is -4.87. The predicted molar refractivity (Wildman–Crippen MR) is 151 cm³/mol. The Morgan fingerprint density at radius 2 is 1.71 bits per heavy atom. The molecule has 3 aromatic heterocycles. The van der Waals surface area contributed by atoms with Gasteiger partial charge in [-0.15, -0.1) is 5.10 Å². The zero-order valence-electron chi connectivity index (χ0n) is 22.6. The minimum Gasteiger partial charge on any atom is -0.373 e. The molecule has 1 aliphatic rings. The van der Waals surface area contributed by atoms with Crippen LogP contribution in [0.5, 0.6) is 0 Å². The number of aryl methyl sites for hydroxylation is 1. The zero-order valence-corrected chi connectivity index (χ0v) is 22.6. The number of nitrogens with one attached hydrogen (secondary N) is 3. The van der Waals surface area contributed by atoms with Gasteiger partial charge in [0, 0.05) is 37.5 Å². The van der Waals surface area contributed by atoms with Crippen LogP contribution in [0.15, 0.2) is 60.9 Å². The summed E-state index contributed by atoms with van der Waals surface area (Å²) in [6, 6.07) is 13.4. The first-order valence-corrected chi connectivity index (χ1v) is 12.7. The van der Waals surface area contributed by atoms with Crippen LogP contribution in [-0.2, 0) is 11.0 Å². The van der Waals surface area contributed by atoms with Crippen molar-refractivity contribution in [3.63, 3.8) is 0 Å². The van der Waals surface area contributed by atoms with Gasteiger partial charge in [-0.25, -0.2) is 9.97 Å². The van der Waals surface area contributed by atoms with Crippen LogP contribution in [0.3, 0.4) is 0 Å². The van der Waals surface area contributed by atoms with E-state index in [9.17, 15) is 22.8 Å². The third-order valence-corrected chi connectivity index (χ3v) is 6.23.